The van der Waals surface area contributed by atoms with Gasteiger partial charge in [0.15, 0.2) is 5.69 Å². The number of phenolic OH excluding ortho intramolecular Hbond substituents is 2. The molecular weight excluding hydrogens is 570 g/mol. The number of hydrazone groups is 1. The first-order valence-corrected chi connectivity index (χ1v) is 11.0. The predicted molar refractivity (Wildman–Crippen MR) is 120 cm³/mol. The van der Waals surface area contributed by atoms with E-state index in [1.54, 1.807) is 0 Å². The van der Waals surface area contributed by atoms with Crippen LogP contribution in [0, 0.1) is 0 Å². The third-order valence-corrected chi connectivity index (χ3v) is 6.07. The highest BCUT2D eigenvalue weighted by molar-refractivity contribution is 9.11. The molecule has 0 unspecified atom stereocenters. The molecule has 1 aromatic carbocycles. The van der Waals surface area contributed by atoms with Crippen LogP contribution in [0.3, 0.4) is 0 Å². The second-order valence-corrected chi connectivity index (χ2v) is 8.46. The van der Waals surface area contributed by atoms with Crippen molar-refractivity contribution in [3.63, 3.8) is 0 Å². The van der Waals surface area contributed by atoms with Crippen molar-refractivity contribution in [2.24, 2.45) is 5.10 Å². The van der Waals surface area contributed by atoms with Gasteiger partial charge in [-0.1, -0.05) is 5.21 Å². The average Bonchev–Trinajstić information content (AvgIpc) is 3.42. The molecule has 0 bridgehead atoms. The predicted octanol–water partition coefficient (Wildman–Crippen LogP) is 0.765. The monoisotopic (exact) mass is 585 g/mol. The molecule has 1 amide bonds. The number of ether oxygens (including phenoxy) is 1. The van der Waals surface area contributed by atoms with Crippen LogP contribution in [0.1, 0.15) is 21.7 Å². The van der Waals surface area contributed by atoms with Gasteiger partial charge in [-0.2, -0.15) is 9.78 Å². The third-order valence-electron chi connectivity index (χ3n) is 4.72. The second-order valence-electron chi connectivity index (χ2n) is 6.82. The lowest BCUT2D eigenvalue weighted by molar-refractivity contribution is 0.0332. The number of amides is 1. The minimum absolute atomic E-state index is 0.00155. The summed E-state index contributed by atoms with van der Waals surface area (Å²) >= 11 is 6.25. The van der Waals surface area contributed by atoms with E-state index in [1.807, 2.05) is 0 Å². The van der Waals surface area contributed by atoms with Crippen LogP contribution in [0.25, 0.3) is 5.82 Å². The molecule has 0 atom stereocenters. The maximum absolute atomic E-state index is 12.8. The van der Waals surface area contributed by atoms with Crippen LogP contribution < -0.4 is 11.2 Å². The summed E-state index contributed by atoms with van der Waals surface area (Å²) in [7, 11) is 0. The summed E-state index contributed by atoms with van der Waals surface area (Å²) in [6.45, 7) is 2.74. The first kappa shape index (κ1) is 23.1. The van der Waals surface area contributed by atoms with Crippen LogP contribution in [0.4, 0.5) is 5.82 Å². The number of hydrogen-bond acceptors (Lipinski definition) is 12. The maximum Gasteiger partial charge on any atom is 0.293 e. The number of aromatic hydroxyl groups is 2. The summed E-state index contributed by atoms with van der Waals surface area (Å²) < 4.78 is 11.7. The van der Waals surface area contributed by atoms with Crippen molar-refractivity contribution in [2.45, 2.75) is 6.54 Å². The summed E-state index contributed by atoms with van der Waals surface area (Å²) in [6.07, 6.45) is 1.22. The Hall–Kier alpha value is -3.08. The molecule has 0 saturated carbocycles. The highest BCUT2D eigenvalue weighted by Crippen LogP contribution is 2.40. The fourth-order valence-electron chi connectivity index (χ4n) is 3.03. The number of aromatic nitrogens is 5. The lowest BCUT2D eigenvalue weighted by atomic mass is 10.2. The number of anilines is 1. The van der Waals surface area contributed by atoms with E-state index in [-0.39, 0.29) is 38.9 Å². The lowest BCUT2D eigenvalue weighted by Crippen LogP contribution is -2.37. The highest BCUT2D eigenvalue weighted by atomic mass is 79.9. The number of benzene rings is 1. The summed E-state index contributed by atoms with van der Waals surface area (Å²) in [4.78, 5) is 14.9. The van der Waals surface area contributed by atoms with Gasteiger partial charge in [0, 0.05) is 25.2 Å². The van der Waals surface area contributed by atoms with Crippen molar-refractivity contribution in [1.29, 1.82) is 0 Å². The summed E-state index contributed by atoms with van der Waals surface area (Å²) in [6, 6.07) is 1.44. The zero-order valence-electron chi connectivity index (χ0n) is 16.8. The average molecular weight is 587 g/mol. The Bertz CT molecular complexity index is 1210. The normalized spacial score (nSPS) is 14.7. The Kier molecular flexibility index (Phi) is 6.87. The standard InChI is InChI=1S/C17H17Br2N9O5/c18-9-5-8(13(29)11(19)14(9)30)6-21-23-17(31)12-10(7-27-1-3-32-4-2-27)28(26-22-12)16-15(20)24-33-25-16/h5-6,29-30H,1-4,7H2,(H2,20,24)(H,23,31)/b21-6-. The van der Waals surface area contributed by atoms with Gasteiger partial charge in [-0.3, -0.25) is 9.69 Å². The zero-order valence-corrected chi connectivity index (χ0v) is 19.9. The molecule has 5 N–H and O–H groups in total. The van der Waals surface area contributed by atoms with Crippen molar-refractivity contribution < 1.29 is 24.4 Å². The van der Waals surface area contributed by atoms with E-state index in [2.05, 4.69) is 72.5 Å². The molecule has 14 nitrogen and oxygen atoms in total. The molecule has 0 spiro atoms. The van der Waals surface area contributed by atoms with E-state index in [9.17, 15) is 15.0 Å². The highest BCUT2D eigenvalue weighted by Gasteiger charge is 2.26. The number of carbonyl (C=O) groups is 1. The zero-order chi connectivity index (χ0) is 23.5. The number of hydrogen-bond donors (Lipinski definition) is 4. The number of nitrogens with one attached hydrogen (secondary N) is 1. The van der Waals surface area contributed by atoms with E-state index >= 15 is 0 Å². The first-order chi connectivity index (χ1) is 15.9. The van der Waals surface area contributed by atoms with Gasteiger partial charge in [0.2, 0.25) is 11.6 Å². The van der Waals surface area contributed by atoms with Gasteiger partial charge < -0.3 is 20.7 Å². The topological polar surface area (TPSA) is 190 Å². The van der Waals surface area contributed by atoms with E-state index in [0.717, 1.165) is 0 Å². The van der Waals surface area contributed by atoms with Crippen molar-refractivity contribution in [2.75, 3.05) is 32.0 Å². The fraction of sp³-hybridized carbons (Fsp3) is 0.294. The van der Waals surface area contributed by atoms with Crippen LogP contribution in [0.5, 0.6) is 11.5 Å². The molecule has 0 aliphatic carbocycles. The van der Waals surface area contributed by atoms with Crippen molar-refractivity contribution in [3.8, 4) is 17.3 Å². The van der Waals surface area contributed by atoms with Gasteiger partial charge >= 0.3 is 0 Å². The molecule has 174 valence electrons. The summed E-state index contributed by atoms with van der Waals surface area (Å²) in [5.41, 5.74) is 8.79. The van der Waals surface area contributed by atoms with Gasteiger partial charge in [-0.05, 0) is 48.2 Å². The van der Waals surface area contributed by atoms with Crippen molar-refractivity contribution >= 4 is 49.8 Å². The van der Waals surface area contributed by atoms with Crippen LogP contribution in [0.15, 0.2) is 24.7 Å². The van der Waals surface area contributed by atoms with E-state index in [4.69, 9.17) is 10.5 Å². The second kappa shape index (κ2) is 9.82. The van der Waals surface area contributed by atoms with Crippen LogP contribution in [0.2, 0.25) is 0 Å². The van der Waals surface area contributed by atoms with Gasteiger partial charge in [0.1, 0.15) is 16.0 Å². The van der Waals surface area contributed by atoms with E-state index in [0.29, 0.717) is 43.0 Å². The van der Waals surface area contributed by atoms with E-state index < -0.39 is 5.91 Å². The minimum Gasteiger partial charge on any atom is -0.506 e. The Morgan fingerprint density at radius 2 is 2.03 bits per heavy atom. The molecule has 16 heteroatoms. The van der Waals surface area contributed by atoms with Gasteiger partial charge in [0.25, 0.3) is 5.91 Å². The largest absolute Gasteiger partial charge is 0.506 e. The molecule has 2 aromatic heterocycles. The Balaban J connectivity index is 1.59. The number of nitrogens with zero attached hydrogens (tertiary/aromatic N) is 7. The van der Waals surface area contributed by atoms with Gasteiger partial charge in [0.05, 0.1) is 29.6 Å². The van der Waals surface area contributed by atoms with Crippen molar-refractivity contribution in [1.82, 2.24) is 35.6 Å². The lowest BCUT2D eigenvalue weighted by Gasteiger charge is -2.26. The van der Waals surface area contributed by atoms with Crippen LogP contribution in [-0.2, 0) is 11.3 Å². The quantitative estimate of drug-likeness (QED) is 0.235. The molecule has 33 heavy (non-hydrogen) atoms. The molecule has 4 rings (SSSR count). The molecule has 3 aromatic rings. The molecule has 3 heterocycles. The molecular formula is C17H17Br2N9O5. The number of morpholine rings is 1. The smallest absolute Gasteiger partial charge is 0.293 e. The molecule has 0 radical (unpaired) electrons. The molecule has 1 aliphatic rings. The molecule has 1 fully saturated rings. The van der Waals surface area contributed by atoms with Gasteiger partial charge in [-0.25, -0.2) is 10.1 Å². The Labute approximate surface area is 202 Å². The summed E-state index contributed by atoms with van der Waals surface area (Å²) in [5.74, 6) is -0.961. The first-order valence-electron chi connectivity index (χ1n) is 9.43. The maximum atomic E-state index is 12.8. The van der Waals surface area contributed by atoms with Gasteiger partial charge in [-0.15, -0.1) is 5.10 Å². The number of rotatable bonds is 6. The van der Waals surface area contributed by atoms with Crippen molar-refractivity contribution in [3.05, 3.63) is 32.0 Å². The number of carbonyl (C=O) groups excluding carboxylic acids is 1. The number of halogens is 2. The number of nitrogen functional groups attached to an aromatic ring is 1. The Morgan fingerprint density at radius 3 is 2.73 bits per heavy atom. The SMILES string of the molecule is Nc1nonc1-n1nnc(C(=O)N/N=C\c2cc(Br)c(O)c(Br)c2O)c1CN1CCOCC1. The molecule has 1 aliphatic heterocycles. The van der Waals surface area contributed by atoms with Crippen LogP contribution in [-0.4, -0.2) is 78.8 Å². The number of phenols is 2. The molecule has 1 saturated heterocycles. The van der Waals surface area contributed by atoms with Crippen LogP contribution >= 0.6 is 31.9 Å². The third kappa shape index (κ3) is 4.82. The fourth-order valence-corrected chi connectivity index (χ4v) is 4.18. The Morgan fingerprint density at radius 1 is 1.27 bits per heavy atom. The minimum atomic E-state index is -0.646. The van der Waals surface area contributed by atoms with E-state index in [1.165, 1.54) is 17.0 Å². The number of nitrogens with two attached hydrogens (primary N) is 1. The summed E-state index contributed by atoms with van der Waals surface area (Å²) in [5, 5.41) is 39.1.